The number of hydrogen-bond acceptors (Lipinski definition) is 4. The van der Waals surface area contributed by atoms with E-state index in [0.717, 1.165) is 11.3 Å². The molecule has 27 heavy (non-hydrogen) atoms. The van der Waals surface area contributed by atoms with Crippen LogP contribution in [0.1, 0.15) is 41.2 Å². The van der Waals surface area contributed by atoms with Gasteiger partial charge in [-0.15, -0.1) is 0 Å². The third-order valence-electron chi connectivity index (χ3n) is 5.01. The fourth-order valence-electron chi connectivity index (χ4n) is 3.08. The highest BCUT2D eigenvalue weighted by Crippen LogP contribution is 2.31. The number of nitriles is 1. The number of rotatable bonds is 4. The number of pyridine rings is 1. The van der Waals surface area contributed by atoms with Gasteiger partial charge in [-0.2, -0.15) is 10.4 Å². The van der Waals surface area contributed by atoms with Crippen molar-refractivity contribution in [3.05, 3.63) is 66.0 Å². The smallest absolute Gasteiger partial charge is 0.259 e. The SMILES string of the molecule is CN(C(=O)c1ccc(-c2ccn(C3CCC3)n2)cc1)c1ccc(C#N)cn1. The molecule has 0 N–H and O–H groups in total. The molecule has 0 atom stereocenters. The van der Waals surface area contributed by atoms with E-state index in [1.807, 2.05) is 35.1 Å². The summed E-state index contributed by atoms with van der Waals surface area (Å²) in [5.74, 6) is 0.348. The number of anilines is 1. The Bertz CT molecular complexity index is 994. The fourth-order valence-corrected chi connectivity index (χ4v) is 3.08. The molecule has 2 heterocycles. The summed E-state index contributed by atoms with van der Waals surface area (Å²) < 4.78 is 2.04. The molecule has 1 aliphatic rings. The van der Waals surface area contributed by atoms with Crippen LogP contribution in [-0.4, -0.2) is 27.7 Å². The van der Waals surface area contributed by atoms with Gasteiger partial charge in [-0.05, 0) is 49.6 Å². The van der Waals surface area contributed by atoms with E-state index in [1.165, 1.54) is 30.4 Å². The zero-order chi connectivity index (χ0) is 18.8. The van der Waals surface area contributed by atoms with E-state index >= 15 is 0 Å². The molecule has 2 aromatic heterocycles. The van der Waals surface area contributed by atoms with Gasteiger partial charge in [0.05, 0.1) is 17.3 Å². The van der Waals surface area contributed by atoms with Gasteiger partial charge in [0.1, 0.15) is 11.9 Å². The van der Waals surface area contributed by atoms with Gasteiger partial charge >= 0.3 is 0 Å². The fraction of sp³-hybridized carbons (Fsp3) is 0.238. The van der Waals surface area contributed by atoms with E-state index in [2.05, 4.69) is 10.1 Å². The zero-order valence-corrected chi connectivity index (χ0v) is 15.0. The van der Waals surface area contributed by atoms with Crippen molar-refractivity contribution in [2.75, 3.05) is 11.9 Å². The minimum absolute atomic E-state index is 0.154. The Kier molecular flexibility index (Phi) is 4.43. The summed E-state index contributed by atoms with van der Waals surface area (Å²) in [6, 6.07) is 15.3. The highest BCUT2D eigenvalue weighted by Gasteiger charge is 2.20. The first kappa shape index (κ1) is 17.0. The topological polar surface area (TPSA) is 74.8 Å². The normalized spacial score (nSPS) is 13.6. The third kappa shape index (κ3) is 3.32. The number of carbonyl (C=O) groups is 1. The molecule has 1 fully saturated rings. The summed E-state index contributed by atoms with van der Waals surface area (Å²) in [6.45, 7) is 0. The van der Waals surface area contributed by atoms with Crippen LogP contribution in [0.15, 0.2) is 54.9 Å². The number of hydrogen-bond donors (Lipinski definition) is 0. The van der Waals surface area contributed by atoms with E-state index in [-0.39, 0.29) is 5.91 Å². The third-order valence-corrected chi connectivity index (χ3v) is 5.01. The molecule has 0 bridgehead atoms. The molecular weight excluding hydrogens is 338 g/mol. The Hall–Kier alpha value is -3.46. The molecule has 0 spiro atoms. The van der Waals surface area contributed by atoms with E-state index < -0.39 is 0 Å². The lowest BCUT2D eigenvalue weighted by Gasteiger charge is -2.25. The van der Waals surface area contributed by atoms with Crippen LogP contribution in [0.5, 0.6) is 0 Å². The Labute approximate surface area is 157 Å². The molecule has 3 aromatic rings. The standard InChI is InChI=1S/C21H19N5O/c1-25(20-10-5-15(13-22)14-23-20)21(27)17-8-6-16(7-9-17)19-11-12-26(24-19)18-3-2-4-18/h5-12,14,18H,2-4H2,1H3. The number of aromatic nitrogens is 3. The van der Waals surface area contributed by atoms with Crippen LogP contribution in [0, 0.1) is 11.3 Å². The minimum atomic E-state index is -0.154. The van der Waals surface area contributed by atoms with Crippen molar-refractivity contribution < 1.29 is 4.79 Å². The zero-order valence-electron chi connectivity index (χ0n) is 15.0. The second-order valence-corrected chi connectivity index (χ2v) is 6.72. The van der Waals surface area contributed by atoms with Crippen molar-refractivity contribution in [3.63, 3.8) is 0 Å². The maximum atomic E-state index is 12.7. The van der Waals surface area contributed by atoms with Gasteiger partial charge in [0.2, 0.25) is 0 Å². The van der Waals surface area contributed by atoms with Crippen molar-refractivity contribution >= 4 is 11.7 Å². The summed E-state index contributed by atoms with van der Waals surface area (Å²) in [6.07, 6.45) is 7.16. The number of amides is 1. The molecule has 1 amide bonds. The highest BCUT2D eigenvalue weighted by atomic mass is 16.2. The molecule has 6 nitrogen and oxygen atoms in total. The summed E-state index contributed by atoms with van der Waals surface area (Å²) in [7, 11) is 1.67. The maximum absolute atomic E-state index is 12.7. The Morgan fingerprint density at radius 2 is 1.96 bits per heavy atom. The predicted molar refractivity (Wildman–Crippen MR) is 102 cm³/mol. The maximum Gasteiger partial charge on any atom is 0.259 e. The summed E-state index contributed by atoms with van der Waals surface area (Å²) in [4.78, 5) is 18.3. The first-order valence-corrected chi connectivity index (χ1v) is 8.95. The summed E-state index contributed by atoms with van der Waals surface area (Å²) in [5, 5.41) is 13.5. The Morgan fingerprint density at radius 3 is 2.56 bits per heavy atom. The minimum Gasteiger partial charge on any atom is -0.296 e. The molecule has 1 saturated carbocycles. The van der Waals surface area contributed by atoms with Crippen molar-refractivity contribution in [2.24, 2.45) is 0 Å². The van der Waals surface area contributed by atoms with Crippen molar-refractivity contribution in [2.45, 2.75) is 25.3 Å². The average Bonchev–Trinajstić information content (AvgIpc) is 3.15. The molecule has 0 aliphatic heterocycles. The van der Waals surface area contributed by atoms with Crippen molar-refractivity contribution in [3.8, 4) is 17.3 Å². The molecule has 4 rings (SSSR count). The highest BCUT2D eigenvalue weighted by molar-refractivity contribution is 6.05. The number of benzene rings is 1. The lowest BCUT2D eigenvalue weighted by atomic mass is 9.93. The van der Waals surface area contributed by atoms with Crippen LogP contribution >= 0.6 is 0 Å². The second kappa shape index (κ2) is 7.04. The van der Waals surface area contributed by atoms with Crippen molar-refractivity contribution in [1.29, 1.82) is 5.26 Å². The Balaban J connectivity index is 1.49. The number of carbonyl (C=O) groups excluding carboxylic acids is 1. The van der Waals surface area contributed by atoms with Crippen LogP contribution < -0.4 is 4.90 Å². The lowest BCUT2D eigenvalue weighted by Crippen LogP contribution is -2.27. The quantitative estimate of drug-likeness (QED) is 0.711. The largest absolute Gasteiger partial charge is 0.296 e. The van der Waals surface area contributed by atoms with Gasteiger partial charge in [0.15, 0.2) is 0 Å². The van der Waals surface area contributed by atoms with Gasteiger partial charge in [-0.1, -0.05) is 12.1 Å². The van der Waals surface area contributed by atoms with Gasteiger partial charge in [0.25, 0.3) is 5.91 Å². The molecule has 1 aliphatic carbocycles. The first-order valence-electron chi connectivity index (χ1n) is 8.95. The number of nitrogens with zero attached hydrogens (tertiary/aromatic N) is 5. The van der Waals surface area contributed by atoms with Crippen LogP contribution in [0.3, 0.4) is 0 Å². The van der Waals surface area contributed by atoms with E-state index in [1.54, 1.807) is 31.3 Å². The van der Waals surface area contributed by atoms with Gasteiger partial charge < -0.3 is 0 Å². The van der Waals surface area contributed by atoms with Crippen LogP contribution in [-0.2, 0) is 0 Å². The molecule has 6 heteroatoms. The van der Waals surface area contributed by atoms with Gasteiger partial charge in [0, 0.05) is 30.6 Å². The summed E-state index contributed by atoms with van der Waals surface area (Å²) in [5.41, 5.74) is 2.95. The first-order chi connectivity index (χ1) is 13.2. The lowest BCUT2D eigenvalue weighted by molar-refractivity contribution is 0.0992. The predicted octanol–water partition coefficient (Wildman–Crippen LogP) is 3.82. The van der Waals surface area contributed by atoms with E-state index in [0.29, 0.717) is 23.0 Å². The molecule has 134 valence electrons. The molecule has 0 saturated heterocycles. The molecule has 0 unspecified atom stereocenters. The van der Waals surface area contributed by atoms with Gasteiger partial charge in [-0.3, -0.25) is 14.4 Å². The molecule has 0 radical (unpaired) electrons. The average molecular weight is 357 g/mol. The van der Waals surface area contributed by atoms with Crippen molar-refractivity contribution in [1.82, 2.24) is 14.8 Å². The molecular formula is C21H19N5O. The van der Waals surface area contributed by atoms with Crippen LogP contribution in [0.25, 0.3) is 11.3 Å². The van der Waals surface area contributed by atoms with E-state index in [4.69, 9.17) is 5.26 Å². The van der Waals surface area contributed by atoms with Gasteiger partial charge in [-0.25, -0.2) is 4.98 Å². The van der Waals surface area contributed by atoms with E-state index in [9.17, 15) is 4.79 Å². The second-order valence-electron chi connectivity index (χ2n) is 6.72. The van der Waals surface area contributed by atoms with Crippen LogP contribution in [0.4, 0.5) is 5.82 Å². The Morgan fingerprint density at radius 1 is 1.19 bits per heavy atom. The summed E-state index contributed by atoms with van der Waals surface area (Å²) >= 11 is 0. The monoisotopic (exact) mass is 357 g/mol. The molecule has 1 aromatic carbocycles. The van der Waals surface area contributed by atoms with Crippen LogP contribution in [0.2, 0.25) is 0 Å².